The maximum absolute atomic E-state index is 2.45. The topological polar surface area (TPSA) is 0 Å². The quantitative estimate of drug-likeness (QED) is 0.0634. The number of rotatable bonds is 31. The molecule has 0 rings (SSSR count). The van der Waals surface area contributed by atoms with Gasteiger partial charge in [-0.1, -0.05) is 179 Å². The van der Waals surface area contributed by atoms with Gasteiger partial charge in [-0.15, -0.1) is 0 Å². The normalized spacial score (nSPS) is 12.2. The summed E-state index contributed by atoms with van der Waals surface area (Å²) in [5.41, 5.74) is 1.73. The lowest BCUT2D eigenvalue weighted by Crippen LogP contribution is -1.88. The Hall–Kier alpha value is -0.520. The third kappa shape index (κ3) is 31.6. The molecule has 0 heteroatoms. The highest BCUT2D eigenvalue weighted by Crippen LogP contribution is 2.19. The van der Waals surface area contributed by atoms with E-state index in [4.69, 9.17) is 0 Å². The van der Waals surface area contributed by atoms with Gasteiger partial charge >= 0.3 is 0 Å². The van der Waals surface area contributed by atoms with Crippen molar-refractivity contribution in [2.75, 3.05) is 0 Å². The molecule has 0 bridgehead atoms. The molecule has 0 N–H and O–H groups in total. The minimum absolute atomic E-state index is 1.30. The summed E-state index contributed by atoms with van der Waals surface area (Å²) < 4.78 is 0. The Labute approximate surface area is 236 Å². The zero-order valence-electron chi connectivity index (χ0n) is 26.4. The highest BCUT2D eigenvalue weighted by atomic mass is 14.1. The maximum atomic E-state index is 2.45. The Morgan fingerprint density at radius 3 is 0.919 bits per heavy atom. The first-order chi connectivity index (χ1) is 18.3. The smallest absolute Gasteiger partial charge is 0.0320 e. The molecule has 0 saturated carbocycles. The van der Waals surface area contributed by atoms with Crippen LogP contribution in [0.2, 0.25) is 0 Å². The molecule has 0 amide bonds. The summed E-state index contributed by atoms with van der Waals surface area (Å²) in [7, 11) is 0. The summed E-state index contributed by atoms with van der Waals surface area (Å²) >= 11 is 0. The third-order valence-electron chi connectivity index (χ3n) is 8.27. The lowest BCUT2D eigenvalue weighted by Gasteiger charge is -2.08. The summed E-state index contributed by atoms with van der Waals surface area (Å²) in [6, 6.07) is 0. The van der Waals surface area contributed by atoms with Crippen LogP contribution in [0.4, 0.5) is 0 Å². The van der Waals surface area contributed by atoms with Crippen LogP contribution in [-0.4, -0.2) is 0 Å². The third-order valence-corrected chi connectivity index (χ3v) is 8.27. The van der Waals surface area contributed by atoms with Crippen molar-refractivity contribution in [3.8, 4) is 0 Å². The van der Waals surface area contributed by atoms with E-state index in [1.807, 2.05) is 0 Å². The van der Waals surface area contributed by atoms with Crippen LogP contribution < -0.4 is 0 Å². The van der Waals surface area contributed by atoms with Crippen LogP contribution in [-0.2, 0) is 0 Å². The number of unbranched alkanes of at least 4 members (excludes halogenated alkanes) is 25. The van der Waals surface area contributed by atoms with Gasteiger partial charge in [-0.05, 0) is 58.3 Å². The molecule has 0 unspecified atom stereocenters. The standard InChI is InChI=1S/C37H72/c1-4-7-9-11-13-15-17-19-21-22-24-26-28-30-32-34-36-37(6-3)35-33-31-29-27-25-23-20-18-16-14-12-10-8-5-2/h6,19,21H,4-5,7-18,20,22-36H2,1-3H3. The molecule has 0 saturated heterocycles. The van der Waals surface area contributed by atoms with Gasteiger partial charge in [-0.2, -0.15) is 0 Å². The van der Waals surface area contributed by atoms with E-state index in [2.05, 4.69) is 39.0 Å². The van der Waals surface area contributed by atoms with E-state index >= 15 is 0 Å². The molecule has 0 aromatic carbocycles. The largest absolute Gasteiger partial charge is 0.0885 e. The van der Waals surface area contributed by atoms with E-state index in [1.54, 1.807) is 5.57 Å². The predicted octanol–water partition coefficient (Wildman–Crippen LogP) is 14.2. The highest BCUT2D eigenvalue weighted by Gasteiger charge is 1.99. The second-order valence-electron chi connectivity index (χ2n) is 12.0. The fourth-order valence-electron chi connectivity index (χ4n) is 5.56. The van der Waals surface area contributed by atoms with Gasteiger partial charge in [0.25, 0.3) is 0 Å². The first-order valence-electron chi connectivity index (χ1n) is 17.6. The average Bonchev–Trinajstić information content (AvgIpc) is 2.91. The van der Waals surface area contributed by atoms with Crippen molar-refractivity contribution in [3.05, 3.63) is 23.8 Å². The Morgan fingerprint density at radius 2 is 0.622 bits per heavy atom. The van der Waals surface area contributed by atoms with E-state index in [0.29, 0.717) is 0 Å². The summed E-state index contributed by atoms with van der Waals surface area (Å²) in [6.45, 7) is 6.87. The lowest BCUT2D eigenvalue weighted by atomic mass is 9.99. The van der Waals surface area contributed by atoms with Gasteiger partial charge in [0, 0.05) is 0 Å². The fourth-order valence-corrected chi connectivity index (χ4v) is 5.56. The molecule has 0 heterocycles. The van der Waals surface area contributed by atoms with Crippen LogP contribution in [0.5, 0.6) is 0 Å². The van der Waals surface area contributed by atoms with Gasteiger partial charge in [0.15, 0.2) is 0 Å². The Balaban J connectivity index is 3.32. The van der Waals surface area contributed by atoms with Crippen LogP contribution in [0, 0.1) is 0 Å². The average molecular weight is 517 g/mol. The van der Waals surface area contributed by atoms with Crippen molar-refractivity contribution in [2.24, 2.45) is 0 Å². The molecule has 0 aromatic heterocycles. The SMILES string of the molecule is CC=C(CCCCCCCCC=CCCCCCCCC)CCCCCCCCCCCCCCCC. The predicted molar refractivity (Wildman–Crippen MR) is 173 cm³/mol. The molecule has 220 valence electrons. The molecule has 0 atom stereocenters. The van der Waals surface area contributed by atoms with Crippen LogP contribution in [0.15, 0.2) is 23.8 Å². The molecule has 0 aromatic rings. The number of hydrogen-bond acceptors (Lipinski definition) is 0. The van der Waals surface area contributed by atoms with Gasteiger partial charge in [0.05, 0.1) is 0 Å². The minimum Gasteiger partial charge on any atom is -0.0885 e. The van der Waals surface area contributed by atoms with Gasteiger partial charge in [-0.25, -0.2) is 0 Å². The Bertz CT molecular complexity index is 457. The molecule has 0 radical (unpaired) electrons. The Kier molecular flexibility index (Phi) is 33.0. The molecule has 0 aliphatic carbocycles. The second-order valence-corrected chi connectivity index (χ2v) is 12.0. The molecule has 0 aliphatic rings. The van der Waals surface area contributed by atoms with Crippen molar-refractivity contribution in [1.29, 1.82) is 0 Å². The van der Waals surface area contributed by atoms with E-state index in [0.717, 1.165) is 0 Å². The molecule has 0 nitrogen and oxygen atoms in total. The van der Waals surface area contributed by atoms with Crippen LogP contribution >= 0.6 is 0 Å². The van der Waals surface area contributed by atoms with Crippen molar-refractivity contribution in [1.82, 2.24) is 0 Å². The molecular formula is C37H72. The van der Waals surface area contributed by atoms with E-state index in [9.17, 15) is 0 Å². The first-order valence-corrected chi connectivity index (χ1v) is 17.6. The molecule has 37 heavy (non-hydrogen) atoms. The van der Waals surface area contributed by atoms with E-state index < -0.39 is 0 Å². The number of hydrogen-bond donors (Lipinski definition) is 0. The van der Waals surface area contributed by atoms with Crippen molar-refractivity contribution in [2.45, 2.75) is 213 Å². The fraction of sp³-hybridized carbons (Fsp3) is 0.892. The minimum atomic E-state index is 1.30. The summed E-state index contributed by atoms with van der Waals surface area (Å²) in [5, 5.41) is 0. The monoisotopic (exact) mass is 517 g/mol. The highest BCUT2D eigenvalue weighted by molar-refractivity contribution is 4.99. The number of allylic oxidation sites excluding steroid dienone is 4. The molecule has 0 fully saturated rings. The summed E-state index contributed by atoms with van der Waals surface area (Å²) in [4.78, 5) is 0. The first kappa shape index (κ1) is 36.5. The van der Waals surface area contributed by atoms with E-state index in [-0.39, 0.29) is 0 Å². The molecular weight excluding hydrogens is 444 g/mol. The van der Waals surface area contributed by atoms with Gasteiger partial charge in [0.2, 0.25) is 0 Å². The van der Waals surface area contributed by atoms with Gasteiger partial charge in [-0.3, -0.25) is 0 Å². The summed E-state index contributed by atoms with van der Waals surface area (Å²) in [5.74, 6) is 0. The molecule has 0 spiro atoms. The van der Waals surface area contributed by atoms with Crippen LogP contribution in [0.3, 0.4) is 0 Å². The van der Waals surface area contributed by atoms with Crippen LogP contribution in [0.25, 0.3) is 0 Å². The second kappa shape index (κ2) is 33.5. The summed E-state index contributed by atoms with van der Waals surface area (Å²) in [6.07, 6.45) is 50.1. The maximum Gasteiger partial charge on any atom is -0.0320 e. The van der Waals surface area contributed by atoms with Crippen molar-refractivity contribution in [3.63, 3.8) is 0 Å². The van der Waals surface area contributed by atoms with Gasteiger partial charge in [0.1, 0.15) is 0 Å². The Morgan fingerprint density at radius 1 is 0.351 bits per heavy atom. The zero-order valence-corrected chi connectivity index (χ0v) is 26.4. The zero-order chi connectivity index (χ0) is 26.9. The van der Waals surface area contributed by atoms with Crippen LogP contribution in [0.1, 0.15) is 213 Å². The van der Waals surface area contributed by atoms with E-state index in [1.165, 1.54) is 193 Å². The van der Waals surface area contributed by atoms with Gasteiger partial charge < -0.3 is 0 Å². The lowest BCUT2D eigenvalue weighted by molar-refractivity contribution is 0.534. The van der Waals surface area contributed by atoms with Crippen molar-refractivity contribution >= 4 is 0 Å². The van der Waals surface area contributed by atoms with Crippen molar-refractivity contribution < 1.29 is 0 Å². The molecule has 0 aliphatic heterocycles.